The lowest BCUT2D eigenvalue weighted by Crippen LogP contribution is -2.40. The van der Waals surface area contributed by atoms with Gasteiger partial charge in [-0.15, -0.1) is 0 Å². The number of halogens is 1. The van der Waals surface area contributed by atoms with E-state index in [0.29, 0.717) is 55.3 Å². The molecule has 1 aliphatic heterocycles. The molecule has 1 aliphatic rings. The number of non-ortho nitro benzene ring substituents is 1. The molecule has 0 fully saturated rings. The number of nitro groups is 1. The van der Waals surface area contributed by atoms with E-state index in [1.54, 1.807) is 55.7 Å². The highest BCUT2D eigenvalue weighted by Gasteiger charge is 2.36. The third-order valence-electron chi connectivity index (χ3n) is 6.61. The van der Waals surface area contributed by atoms with E-state index in [1.165, 1.54) is 35.6 Å². The number of nitrogens with zero attached hydrogens (tertiary/aromatic N) is 5. The van der Waals surface area contributed by atoms with E-state index in [2.05, 4.69) is 9.97 Å². The van der Waals surface area contributed by atoms with Gasteiger partial charge in [-0.2, -0.15) is 0 Å². The second-order valence-electron chi connectivity index (χ2n) is 9.41. The molecule has 0 N–H and O–H groups in total. The molecule has 44 heavy (non-hydrogen) atoms. The predicted molar refractivity (Wildman–Crippen MR) is 167 cm³/mol. The van der Waals surface area contributed by atoms with Gasteiger partial charge in [0.2, 0.25) is 0 Å². The highest BCUT2D eigenvalue weighted by atomic mass is 35.5. The van der Waals surface area contributed by atoms with Crippen molar-refractivity contribution in [2.24, 2.45) is 4.99 Å². The maximum Gasteiger partial charge on any atom is 0.338 e. The molecule has 0 bridgehead atoms. The van der Waals surface area contributed by atoms with Crippen molar-refractivity contribution in [2.75, 3.05) is 13.7 Å². The number of hydrogen-bond donors (Lipinski definition) is 0. The highest BCUT2D eigenvalue weighted by molar-refractivity contribution is 7.99. The predicted octanol–water partition coefficient (Wildman–Crippen LogP) is 5.09. The minimum absolute atomic E-state index is 0.129. The van der Waals surface area contributed by atoms with Gasteiger partial charge in [-0.1, -0.05) is 36.3 Å². The Morgan fingerprint density at radius 3 is 2.66 bits per heavy atom. The highest BCUT2D eigenvalue weighted by Crippen LogP contribution is 2.38. The fourth-order valence-corrected chi connectivity index (χ4v) is 6.75. The summed E-state index contributed by atoms with van der Waals surface area (Å²) in [6.07, 6.45) is 5.92. The molecule has 4 aromatic rings. The number of carbonyl (C=O) groups excluding carboxylic acids is 1. The molecule has 2 aromatic carbocycles. The summed E-state index contributed by atoms with van der Waals surface area (Å²) in [6.45, 7) is 3.80. The van der Waals surface area contributed by atoms with Gasteiger partial charge >= 0.3 is 5.97 Å². The summed E-state index contributed by atoms with van der Waals surface area (Å²) in [4.78, 5) is 53.1. The Balaban J connectivity index is 1.78. The average Bonchev–Trinajstić information content (AvgIpc) is 3.32. The molecule has 5 rings (SSSR count). The monoisotopic (exact) mass is 651 g/mol. The number of allylic oxidation sites excluding steroid dienone is 1. The lowest BCUT2D eigenvalue weighted by molar-refractivity contribution is -0.384. The number of fused-ring (bicyclic) bond motifs is 1. The van der Waals surface area contributed by atoms with Crippen molar-refractivity contribution in [3.63, 3.8) is 0 Å². The average molecular weight is 652 g/mol. The van der Waals surface area contributed by atoms with E-state index in [9.17, 15) is 19.7 Å². The number of ether oxygens (including phenoxy) is 2. The summed E-state index contributed by atoms with van der Waals surface area (Å²) < 4.78 is 12.8. The van der Waals surface area contributed by atoms with Crippen LogP contribution < -0.4 is 19.6 Å². The maximum atomic E-state index is 14.2. The molecule has 0 saturated carbocycles. The first-order valence-electron chi connectivity index (χ1n) is 13.5. The van der Waals surface area contributed by atoms with Crippen molar-refractivity contribution in [3.05, 3.63) is 112 Å². The summed E-state index contributed by atoms with van der Waals surface area (Å²) in [5, 5.41) is 12.5. The second-order valence-corrected chi connectivity index (χ2v) is 11.9. The molecule has 2 aromatic heterocycles. The largest absolute Gasteiger partial charge is 0.496 e. The molecule has 0 radical (unpaired) electrons. The standard InChI is InChI=1S/C30H26ClN5O6S2/c1-4-7-21-25(28(38)42-5-2)26(20-16-18(31)8-10-22(20)41-3)35-27(37)24(44-30(35)34-21)15-17-14-19(36(39)40)9-11-23(17)43-29-32-12-6-13-33-29/h6,8-16,26H,4-5,7H2,1-3H3/b24-15-/t26-/m0/s1. The Morgan fingerprint density at radius 2 is 1.98 bits per heavy atom. The minimum Gasteiger partial charge on any atom is -0.496 e. The van der Waals surface area contributed by atoms with E-state index < -0.39 is 22.5 Å². The quantitative estimate of drug-likeness (QED) is 0.0993. The Kier molecular flexibility index (Phi) is 9.57. The van der Waals surface area contributed by atoms with Crippen molar-refractivity contribution in [1.82, 2.24) is 14.5 Å². The van der Waals surface area contributed by atoms with Gasteiger partial charge in [-0.05, 0) is 67.1 Å². The van der Waals surface area contributed by atoms with E-state index in [1.807, 2.05) is 6.92 Å². The van der Waals surface area contributed by atoms with Crippen LogP contribution in [0.15, 0.2) is 86.0 Å². The number of methoxy groups -OCH3 is 1. The van der Waals surface area contributed by atoms with E-state index in [4.69, 9.17) is 26.1 Å². The van der Waals surface area contributed by atoms with Gasteiger partial charge in [-0.3, -0.25) is 19.5 Å². The van der Waals surface area contributed by atoms with Crippen LogP contribution in [-0.4, -0.2) is 39.1 Å². The number of benzene rings is 2. The normalized spacial score (nSPS) is 14.6. The molecule has 0 spiro atoms. The van der Waals surface area contributed by atoms with Gasteiger partial charge in [0.25, 0.3) is 11.2 Å². The fourth-order valence-electron chi connectivity index (χ4n) is 4.77. The van der Waals surface area contributed by atoms with Gasteiger partial charge < -0.3 is 9.47 Å². The van der Waals surface area contributed by atoms with Gasteiger partial charge in [0.15, 0.2) is 9.96 Å². The van der Waals surface area contributed by atoms with E-state index in [-0.39, 0.29) is 22.4 Å². The van der Waals surface area contributed by atoms with Gasteiger partial charge in [0.05, 0.1) is 34.4 Å². The van der Waals surface area contributed by atoms with Gasteiger partial charge in [0.1, 0.15) is 11.8 Å². The van der Waals surface area contributed by atoms with Crippen molar-refractivity contribution >= 4 is 52.4 Å². The zero-order valence-corrected chi connectivity index (χ0v) is 26.2. The maximum absolute atomic E-state index is 14.2. The number of aromatic nitrogens is 3. The SMILES string of the molecule is CCCC1=C(C(=O)OCC)[C@H](c2cc(Cl)ccc2OC)n2c(s/c(=C\c3cc([N+](=O)[O-])ccc3Sc3ncccn3)c2=O)=N1. The van der Waals surface area contributed by atoms with E-state index >= 15 is 0 Å². The molecule has 0 aliphatic carbocycles. The molecular weight excluding hydrogens is 626 g/mol. The zero-order chi connectivity index (χ0) is 31.4. The number of rotatable bonds is 10. The molecule has 226 valence electrons. The van der Waals surface area contributed by atoms with Crippen LogP contribution in [0, 0.1) is 10.1 Å². The molecule has 14 heteroatoms. The first-order valence-corrected chi connectivity index (χ1v) is 15.6. The van der Waals surface area contributed by atoms with Crippen molar-refractivity contribution in [3.8, 4) is 5.75 Å². The van der Waals surface area contributed by atoms with Crippen molar-refractivity contribution in [2.45, 2.75) is 42.8 Å². The lowest BCUT2D eigenvalue weighted by atomic mass is 9.93. The number of carbonyl (C=O) groups is 1. The zero-order valence-electron chi connectivity index (χ0n) is 23.9. The molecule has 0 saturated heterocycles. The summed E-state index contributed by atoms with van der Waals surface area (Å²) in [7, 11) is 1.50. The molecule has 11 nitrogen and oxygen atoms in total. The topological polar surface area (TPSA) is 139 Å². The third-order valence-corrected chi connectivity index (χ3v) is 8.82. The number of hydrogen-bond acceptors (Lipinski definition) is 11. The first kappa shape index (κ1) is 31.1. The Bertz CT molecular complexity index is 1960. The molecule has 0 unspecified atom stereocenters. The van der Waals surface area contributed by atoms with Gasteiger partial charge in [-0.25, -0.2) is 19.8 Å². The summed E-state index contributed by atoms with van der Waals surface area (Å²) in [5.74, 6) is -0.171. The third kappa shape index (κ3) is 6.30. The Labute approximate surface area is 264 Å². The van der Waals surface area contributed by atoms with Crippen LogP contribution in [0.4, 0.5) is 5.69 Å². The van der Waals surface area contributed by atoms with Crippen LogP contribution in [0.2, 0.25) is 5.02 Å². The second kappa shape index (κ2) is 13.5. The number of esters is 1. The number of thiazole rings is 1. The summed E-state index contributed by atoms with van der Waals surface area (Å²) in [5.41, 5.74) is 1.05. The molecule has 3 heterocycles. The van der Waals surface area contributed by atoms with Crippen LogP contribution in [-0.2, 0) is 9.53 Å². The smallest absolute Gasteiger partial charge is 0.338 e. The van der Waals surface area contributed by atoms with Crippen molar-refractivity contribution in [1.29, 1.82) is 0 Å². The molecule has 0 amide bonds. The van der Waals surface area contributed by atoms with Crippen LogP contribution >= 0.6 is 34.7 Å². The molecular formula is C30H26ClN5O6S2. The van der Waals surface area contributed by atoms with Crippen LogP contribution in [0.25, 0.3) is 6.08 Å². The minimum atomic E-state index is -0.945. The number of nitro benzene ring substituents is 1. The Morgan fingerprint density at radius 1 is 1.20 bits per heavy atom. The van der Waals surface area contributed by atoms with Crippen molar-refractivity contribution < 1.29 is 19.2 Å². The van der Waals surface area contributed by atoms with Crippen LogP contribution in [0.1, 0.15) is 43.9 Å². The van der Waals surface area contributed by atoms with Crippen LogP contribution in [0.3, 0.4) is 0 Å². The Hall–Kier alpha value is -4.33. The van der Waals surface area contributed by atoms with Gasteiger partial charge in [0, 0.05) is 40.0 Å². The van der Waals surface area contributed by atoms with E-state index in [0.717, 1.165) is 11.3 Å². The fraction of sp³-hybridized carbons (Fsp3) is 0.233. The lowest BCUT2D eigenvalue weighted by Gasteiger charge is -2.27. The molecule has 1 atom stereocenters. The summed E-state index contributed by atoms with van der Waals surface area (Å²) >= 11 is 8.74. The van der Waals surface area contributed by atoms with Crippen LogP contribution in [0.5, 0.6) is 5.75 Å². The summed E-state index contributed by atoms with van der Waals surface area (Å²) in [6, 6.07) is 10.1. The first-order chi connectivity index (χ1) is 21.2.